The van der Waals surface area contributed by atoms with Crippen LogP contribution in [0.1, 0.15) is 24.8 Å². The molecule has 1 unspecified atom stereocenters. The Morgan fingerprint density at radius 2 is 2.26 bits per heavy atom. The van der Waals surface area contributed by atoms with Crippen LogP contribution in [0.15, 0.2) is 22.7 Å². The molecule has 3 nitrogen and oxygen atoms in total. The first kappa shape index (κ1) is 13.4. The summed E-state index contributed by atoms with van der Waals surface area (Å²) >= 11 is 3.63. The quantitative estimate of drug-likeness (QED) is 0.895. The lowest BCUT2D eigenvalue weighted by atomic mass is 9.98. The topological polar surface area (TPSA) is 41.3 Å². The van der Waals surface area contributed by atoms with Gasteiger partial charge in [0.15, 0.2) is 0 Å². The summed E-state index contributed by atoms with van der Waals surface area (Å²) in [6.07, 6.45) is 3.88. The molecule has 0 amide bonds. The van der Waals surface area contributed by atoms with E-state index in [-0.39, 0.29) is 5.54 Å². The Labute approximate surface area is 123 Å². The third kappa shape index (κ3) is 2.81. The second kappa shape index (κ2) is 5.08. The van der Waals surface area contributed by atoms with E-state index in [4.69, 9.17) is 5.73 Å². The highest BCUT2D eigenvalue weighted by Gasteiger charge is 2.42. The van der Waals surface area contributed by atoms with E-state index in [1.165, 1.54) is 30.6 Å². The highest BCUT2D eigenvalue weighted by Crippen LogP contribution is 2.36. The SMILES string of the molecule is Cc1ccc(Br)c(NC2(CN)CCN(C3CC3)C2)c1. The number of halogens is 1. The molecule has 0 aromatic heterocycles. The molecule has 19 heavy (non-hydrogen) atoms. The van der Waals surface area contributed by atoms with E-state index in [2.05, 4.69) is 51.3 Å². The van der Waals surface area contributed by atoms with Crippen molar-refractivity contribution in [1.82, 2.24) is 4.90 Å². The summed E-state index contributed by atoms with van der Waals surface area (Å²) in [6, 6.07) is 7.25. The maximum atomic E-state index is 6.08. The van der Waals surface area contributed by atoms with Crippen molar-refractivity contribution >= 4 is 21.6 Å². The van der Waals surface area contributed by atoms with Gasteiger partial charge in [0.25, 0.3) is 0 Å². The number of benzene rings is 1. The highest BCUT2D eigenvalue weighted by molar-refractivity contribution is 9.10. The van der Waals surface area contributed by atoms with Crippen LogP contribution in [0.5, 0.6) is 0 Å². The lowest BCUT2D eigenvalue weighted by molar-refractivity contribution is 0.309. The standard InChI is InChI=1S/C15H22BrN3/c1-11-2-5-13(16)14(8-11)18-15(9-17)6-7-19(10-15)12-3-4-12/h2,5,8,12,18H,3-4,6-7,9-10,17H2,1H3. The number of nitrogens with two attached hydrogens (primary N) is 1. The summed E-state index contributed by atoms with van der Waals surface area (Å²) < 4.78 is 1.12. The summed E-state index contributed by atoms with van der Waals surface area (Å²) in [5, 5.41) is 3.71. The summed E-state index contributed by atoms with van der Waals surface area (Å²) in [5.41, 5.74) is 8.57. The minimum absolute atomic E-state index is 0.0406. The Hall–Kier alpha value is -0.580. The van der Waals surface area contributed by atoms with Crippen molar-refractivity contribution < 1.29 is 0 Å². The molecule has 1 saturated carbocycles. The van der Waals surface area contributed by atoms with Gasteiger partial charge in [-0.25, -0.2) is 0 Å². The number of nitrogens with zero attached hydrogens (tertiary/aromatic N) is 1. The number of rotatable bonds is 4. The third-order valence-corrected chi connectivity index (χ3v) is 5.05. The molecule has 1 atom stereocenters. The number of hydrogen-bond donors (Lipinski definition) is 2. The van der Waals surface area contributed by atoms with Gasteiger partial charge in [0.2, 0.25) is 0 Å². The maximum absolute atomic E-state index is 6.08. The van der Waals surface area contributed by atoms with Gasteiger partial charge in [-0.3, -0.25) is 4.90 Å². The minimum Gasteiger partial charge on any atom is -0.376 e. The van der Waals surface area contributed by atoms with Gasteiger partial charge in [0.05, 0.1) is 5.54 Å². The molecule has 1 aromatic carbocycles. The number of aryl methyl sites for hydroxylation is 1. The van der Waals surface area contributed by atoms with Gasteiger partial charge in [-0.05, 0) is 59.8 Å². The molecule has 1 aromatic rings. The average Bonchev–Trinajstić information content (AvgIpc) is 3.16. The summed E-state index contributed by atoms with van der Waals surface area (Å²) in [6.45, 7) is 5.07. The highest BCUT2D eigenvalue weighted by atomic mass is 79.9. The van der Waals surface area contributed by atoms with Crippen molar-refractivity contribution in [3.05, 3.63) is 28.2 Å². The van der Waals surface area contributed by atoms with Gasteiger partial charge in [-0.15, -0.1) is 0 Å². The normalized spacial score (nSPS) is 27.7. The monoisotopic (exact) mass is 323 g/mol. The van der Waals surface area contributed by atoms with Crippen LogP contribution in [0, 0.1) is 6.92 Å². The molecule has 0 spiro atoms. The fourth-order valence-corrected chi connectivity index (χ4v) is 3.34. The fraction of sp³-hybridized carbons (Fsp3) is 0.600. The van der Waals surface area contributed by atoms with E-state index in [0.29, 0.717) is 6.54 Å². The fourth-order valence-electron chi connectivity index (χ4n) is 3.00. The lowest BCUT2D eigenvalue weighted by Gasteiger charge is -2.31. The Morgan fingerprint density at radius 3 is 2.95 bits per heavy atom. The second-order valence-electron chi connectivity index (χ2n) is 6.04. The van der Waals surface area contributed by atoms with Crippen LogP contribution in [-0.4, -0.2) is 36.1 Å². The molecule has 4 heteroatoms. The van der Waals surface area contributed by atoms with Crippen LogP contribution in [0.2, 0.25) is 0 Å². The Kier molecular flexibility index (Phi) is 3.58. The van der Waals surface area contributed by atoms with Crippen molar-refractivity contribution in [1.29, 1.82) is 0 Å². The van der Waals surface area contributed by atoms with Gasteiger partial charge in [0.1, 0.15) is 0 Å². The van der Waals surface area contributed by atoms with Crippen molar-refractivity contribution in [3.8, 4) is 0 Å². The maximum Gasteiger partial charge on any atom is 0.0634 e. The zero-order chi connectivity index (χ0) is 13.5. The molecular weight excluding hydrogens is 302 g/mol. The van der Waals surface area contributed by atoms with Crippen molar-refractivity contribution in [2.24, 2.45) is 5.73 Å². The van der Waals surface area contributed by atoms with Crippen LogP contribution >= 0.6 is 15.9 Å². The molecule has 3 rings (SSSR count). The molecule has 1 aliphatic carbocycles. The molecule has 104 valence electrons. The van der Waals surface area contributed by atoms with Crippen LogP contribution in [0.4, 0.5) is 5.69 Å². The number of likely N-dealkylation sites (tertiary alicyclic amines) is 1. The van der Waals surface area contributed by atoms with E-state index >= 15 is 0 Å². The molecule has 0 bridgehead atoms. The van der Waals surface area contributed by atoms with E-state index in [1.54, 1.807) is 0 Å². The summed E-state index contributed by atoms with van der Waals surface area (Å²) in [5.74, 6) is 0. The van der Waals surface area contributed by atoms with Gasteiger partial charge in [-0.2, -0.15) is 0 Å². The van der Waals surface area contributed by atoms with Gasteiger partial charge in [-0.1, -0.05) is 6.07 Å². The Morgan fingerprint density at radius 1 is 1.47 bits per heavy atom. The first-order chi connectivity index (χ1) is 9.12. The molecule has 2 fully saturated rings. The van der Waals surface area contributed by atoms with E-state index in [9.17, 15) is 0 Å². The minimum atomic E-state index is 0.0406. The second-order valence-corrected chi connectivity index (χ2v) is 6.90. The van der Waals surface area contributed by atoms with Crippen LogP contribution in [0.25, 0.3) is 0 Å². The summed E-state index contributed by atoms with van der Waals surface area (Å²) in [7, 11) is 0. The van der Waals surface area contributed by atoms with Crippen molar-refractivity contribution in [2.75, 3.05) is 25.0 Å². The predicted octanol–water partition coefficient (Wildman–Crippen LogP) is 2.74. The Bertz CT molecular complexity index is 472. The number of hydrogen-bond acceptors (Lipinski definition) is 3. The van der Waals surface area contributed by atoms with E-state index < -0.39 is 0 Å². The molecule has 1 aliphatic heterocycles. The zero-order valence-corrected chi connectivity index (χ0v) is 13.0. The van der Waals surface area contributed by atoms with Crippen LogP contribution in [-0.2, 0) is 0 Å². The largest absolute Gasteiger partial charge is 0.376 e. The lowest BCUT2D eigenvalue weighted by Crippen LogP contribution is -2.48. The predicted molar refractivity (Wildman–Crippen MR) is 83.5 cm³/mol. The molecular formula is C15H22BrN3. The van der Waals surface area contributed by atoms with E-state index in [1.807, 2.05) is 0 Å². The van der Waals surface area contributed by atoms with E-state index in [0.717, 1.165) is 23.5 Å². The van der Waals surface area contributed by atoms with Gasteiger partial charge < -0.3 is 11.1 Å². The van der Waals surface area contributed by atoms with Crippen LogP contribution in [0.3, 0.4) is 0 Å². The Balaban J connectivity index is 1.77. The van der Waals surface area contributed by atoms with Crippen LogP contribution < -0.4 is 11.1 Å². The third-order valence-electron chi connectivity index (χ3n) is 4.36. The smallest absolute Gasteiger partial charge is 0.0634 e. The molecule has 2 aliphatic rings. The van der Waals surface area contributed by atoms with Gasteiger partial charge in [0, 0.05) is 35.8 Å². The van der Waals surface area contributed by atoms with Crippen molar-refractivity contribution in [2.45, 2.75) is 37.8 Å². The molecule has 1 saturated heterocycles. The number of anilines is 1. The molecule has 3 N–H and O–H groups in total. The average molecular weight is 324 g/mol. The number of nitrogens with one attached hydrogen (secondary N) is 1. The molecule has 1 heterocycles. The zero-order valence-electron chi connectivity index (χ0n) is 11.5. The summed E-state index contributed by atoms with van der Waals surface area (Å²) in [4.78, 5) is 2.60. The first-order valence-electron chi connectivity index (χ1n) is 7.10. The van der Waals surface area contributed by atoms with Crippen molar-refractivity contribution in [3.63, 3.8) is 0 Å². The van der Waals surface area contributed by atoms with Gasteiger partial charge >= 0.3 is 0 Å². The molecule has 0 radical (unpaired) electrons. The first-order valence-corrected chi connectivity index (χ1v) is 7.90.